The molecule has 2 N–H and O–H groups in total. The van der Waals surface area contributed by atoms with Gasteiger partial charge in [-0.05, 0) is 13.0 Å². The largest absolute Gasteiger partial charge is 0.454 e. The number of carbonyl (C=O) groups is 1. The second-order valence-corrected chi connectivity index (χ2v) is 4.72. The molecule has 0 radical (unpaired) electrons. The maximum absolute atomic E-state index is 12.5. The third kappa shape index (κ3) is 2.08. The molecule has 0 saturated carbocycles. The van der Waals surface area contributed by atoms with Gasteiger partial charge in [0.25, 0.3) is 5.91 Å². The summed E-state index contributed by atoms with van der Waals surface area (Å²) in [5.41, 5.74) is 6.80. The number of amides is 1. The van der Waals surface area contributed by atoms with E-state index in [9.17, 15) is 4.79 Å². The standard InChI is InChI=1S/C13H16N2O4/c1-8-6-17-3-2-15(8)13(16)9-4-11-12(5-10(9)14)19-7-18-11/h4-5,8H,2-3,6-7,14H2,1H3. The Hall–Kier alpha value is -1.95. The quantitative estimate of drug-likeness (QED) is 0.761. The van der Waals surface area contributed by atoms with Gasteiger partial charge in [-0.3, -0.25) is 4.79 Å². The van der Waals surface area contributed by atoms with Crippen molar-refractivity contribution in [3.05, 3.63) is 17.7 Å². The highest BCUT2D eigenvalue weighted by molar-refractivity contribution is 6.00. The number of morpholine rings is 1. The van der Waals surface area contributed by atoms with E-state index in [4.69, 9.17) is 19.9 Å². The van der Waals surface area contributed by atoms with Gasteiger partial charge in [-0.15, -0.1) is 0 Å². The second kappa shape index (κ2) is 4.62. The van der Waals surface area contributed by atoms with Gasteiger partial charge < -0.3 is 24.8 Å². The van der Waals surface area contributed by atoms with E-state index in [0.717, 1.165) is 0 Å². The van der Waals surface area contributed by atoms with Crippen LogP contribution in [-0.2, 0) is 4.74 Å². The first-order chi connectivity index (χ1) is 9.16. The molecule has 6 nitrogen and oxygen atoms in total. The molecule has 1 amide bonds. The van der Waals surface area contributed by atoms with Crippen LogP contribution >= 0.6 is 0 Å². The van der Waals surface area contributed by atoms with Crippen molar-refractivity contribution in [2.75, 3.05) is 32.3 Å². The molecule has 0 aromatic heterocycles. The van der Waals surface area contributed by atoms with Gasteiger partial charge in [0.15, 0.2) is 11.5 Å². The fourth-order valence-corrected chi connectivity index (χ4v) is 2.33. The van der Waals surface area contributed by atoms with Crippen LogP contribution in [0, 0.1) is 0 Å². The minimum atomic E-state index is -0.0911. The van der Waals surface area contributed by atoms with Crippen LogP contribution < -0.4 is 15.2 Å². The predicted octanol–water partition coefficient (Wildman–Crippen LogP) is 0.858. The smallest absolute Gasteiger partial charge is 0.256 e. The van der Waals surface area contributed by atoms with Gasteiger partial charge in [-0.25, -0.2) is 0 Å². The Kier molecular flexibility index (Phi) is 2.94. The van der Waals surface area contributed by atoms with Gasteiger partial charge in [0.05, 0.1) is 24.8 Å². The Morgan fingerprint density at radius 2 is 2.11 bits per heavy atom. The Labute approximate surface area is 111 Å². The lowest BCUT2D eigenvalue weighted by molar-refractivity contribution is 0.00364. The Balaban J connectivity index is 1.91. The molecular weight excluding hydrogens is 248 g/mol. The SMILES string of the molecule is CC1COCCN1C(=O)c1cc2c(cc1N)OCO2. The van der Waals surface area contributed by atoms with Crippen molar-refractivity contribution < 1.29 is 19.0 Å². The van der Waals surface area contributed by atoms with Crippen LogP contribution in [0.4, 0.5) is 5.69 Å². The summed E-state index contributed by atoms with van der Waals surface area (Å²) in [4.78, 5) is 14.3. The number of nitrogens with two attached hydrogens (primary N) is 1. The Morgan fingerprint density at radius 1 is 1.37 bits per heavy atom. The maximum atomic E-state index is 12.5. The second-order valence-electron chi connectivity index (χ2n) is 4.72. The molecule has 2 aliphatic heterocycles. The van der Waals surface area contributed by atoms with E-state index in [2.05, 4.69) is 0 Å². The zero-order chi connectivity index (χ0) is 13.4. The van der Waals surface area contributed by atoms with Crippen LogP contribution in [0.1, 0.15) is 17.3 Å². The van der Waals surface area contributed by atoms with E-state index in [0.29, 0.717) is 42.5 Å². The van der Waals surface area contributed by atoms with Gasteiger partial charge in [0.2, 0.25) is 6.79 Å². The highest BCUT2D eigenvalue weighted by atomic mass is 16.7. The monoisotopic (exact) mass is 264 g/mol. The molecule has 2 heterocycles. The van der Waals surface area contributed by atoms with Crippen LogP contribution in [0.25, 0.3) is 0 Å². The summed E-state index contributed by atoms with van der Waals surface area (Å²) < 4.78 is 15.9. The van der Waals surface area contributed by atoms with Crippen molar-refractivity contribution in [2.24, 2.45) is 0 Å². The van der Waals surface area contributed by atoms with E-state index in [-0.39, 0.29) is 18.7 Å². The number of hydrogen-bond donors (Lipinski definition) is 1. The van der Waals surface area contributed by atoms with Crippen molar-refractivity contribution in [3.8, 4) is 11.5 Å². The van der Waals surface area contributed by atoms with E-state index in [1.54, 1.807) is 17.0 Å². The van der Waals surface area contributed by atoms with Crippen molar-refractivity contribution >= 4 is 11.6 Å². The number of fused-ring (bicyclic) bond motifs is 1. The number of carbonyl (C=O) groups excluding carboxylic acids is 1. The first-order valence-corrected chi connectivity index (χ1v) is 6.24. The molecule has 0 aliphatic carbocycles. The molecular formula is C13H16N2O4. The Bertz CT molecular complexity index is 518. The van der Waals surface area contributed by atoms with Crippen LogP contribution in [0.3, 0.4) is 0 Å². The summed E-state index contributed by atoms with van der Waals surface area (Å²) >= 11 is 0. The lowest BCUT2D eigenvalue weighted by Crippen LogP contribution is -2.47. The summed E-state index contributed by atoms with van der Waals surface area (Å²) in [6, 6.07) is 3.34. The van der Waals surface area contributed by atoms with Gasteiger partial charge in [-0.1, -0.05) is 0 Å². The highest BCUT2D eigenvalue weighted by Crippen LogP contribution is 2.36. The molecule has 1 saturated heterocycles. The van der Waals surface area contributed by atoms with Crippen LogP contribution in [0.5, 0.6) is 11.5 Å². The van der Waals surface area contributed by atoms with Crippen molar-refractivity contribution in [1.82, 2.24) is 4.90 Å². The molecule has 1 fully saturated rings. The molecule has 1 aromatic carbocycles. The van der Waals surface area contributed by atoms with Gasteiger partial charge in [0, 0.05) is 18.3 Å². The average molecular weight is 264 g/mol. The molecule has 1 aromatic rings. The third-order valence-electron chi connectivity index (χ3n) is 3.40. The van der Waals surface area contributed by atoms with Gasteiger partial charge in [-0.2, -0.15) is 0 Å². The molecule has 102 valence electrons. The fourth-order valence-electron chi connectivity index (χ4n) is 2.33. The van der Waals surface area contributed by atoms with Crippen molar-refractivity contribution in [1.29, 1.82) is 0 Å². The van der Waals surface area contributed by atoms with E-state index in [1.165, 1.54) is 0 Å². The van der Waals surface area contributed by atoms with E-state index >= 15 is 0 Å². The molecule has 19 heavy (non-hydrogen) atoms. The lowest BCUT2D eigenvalue weighted by Gasteiger charge is -2.33. The molecule has 0 spiro atoms. The molecule has 1 atom stereocenters. The minimum Gasteiger partial charge on any atom is -0.454 e. The average Bonchev–Trinajstić information content (AvgIpc) is 2.84. The molecule has 1 unspecified atom stereocenters. The highest BCUT2D eigenvalue weighted by Gasteiger charge is 2.28. The van der Waals surface area contributed by atoms with E-state index < -0.39 is 0 Å². The number of benzene rings is 1. The summed E-state index contributed by atoms with van der Waals surface area (Å²) in [5, 5.41) is 0. The van der Waals surface area contributed by atoms with Crippen molar-refractivity contribution in [3.63, 3.8) is 0 Å². The van der Waals surface area contributed by atoms with E-state index in [1.807, 2.05) is 6.92 Å². The lowest BCUT2D eigenvalue weighted by atomic mass is 10.1. The summed E-state index contributed by atoms with van der Waals surface area (Å²) in [5.74, 6) is 1.06. The normalized spacial score (nSPS) is 21.5. The minimum absolute atomic E-state index is 0.0473. The zero-order valence-electron chi connectivity index (χ0n) is 10.7. The molecule has 2 aliphatic rings. The first kappa shape index (κ1) is 12.1. The number of ether oxygens (including phenoxy) is 3. The molecule has 3 rings (SSSR count). The topological polar surface area (TPSA) is 74.0 Å². The van der Waals surface area contributed by atoms with Crippen LogP contribution in [0.2, 0.25) is 0 Å². The summed E-state index contributed by atoms with van der Waals surface area (Å²) in [7, 11) is 0. The van der Waals surface area contributed by atoms with Gasteiger partial charge >= 0.3 is 0 Å². The molecule has 6 heteroatoms. The number of nitrogens with zero attached hydrogens (tertiary/aromatic N) is 1. The first-order valence-electron chi connectivity index (χ1n) is 6.24. The zero-order valence-corrected chi connectivity index (χ0v) is 10.7. The Morgan fingerprint density at radius 3 is 2.84 bits per heavy atom. The maximum Gasteiger partial charge on any atom is 0.256 e. The number of rotatable bonds is 1. The van der Waals surface area contributed by atoms with Crippen LogP contribution in [-0.4, -0.2) is 43.4 Å². The van der Waals surface area contributed by atoms with Gasteiger partial charge in [0.1, 0.15) is 0 Å². The number of anilines is 1. The number of nitrogen functional groups attached to an aromatic ring is 1. The predicted molar refractivity (Wildman–Crippen MR) is 68.3 cm³/mol. The van der Waals surface area contributed by atoms with Crippen molar-refractivity contribution in [2.45, 2.75) is 13.0 Å². The summed E-state index contributed by atoms with van der Waals surface area (Å²) in [6.07, 6.45) is 0. The molecule has 0 bridgehead atoms. The fraction of sp³-hybridized carbons (Fsp3) is 0.462. The third-order valence-corrected chi connectivity index (χ3v) is 3.40. The number of hydrogen-bond acceptors (Lipinski definition) is 5. The van der Waals surface area contributed by atoms with Crippen LogP contribution in [0.15, 0.2) is 12.1 Å². The summed E-state index contributed by atoms with van der Waals surface area (Å²) in [6.45, 7) is 3.81.